The number of carbonyl (C=O) groups excluding carboxylic acids is 1. The molecule has 0 aromatic heterocycles. The molecule has 0 aliphatic heterocycles. The average Bonchev–Trinajstić information content (AvgIpc) is 3.02. The zero-order valence-electron chi connectivity index (χ0n) is 24.7. The van der Waals surface area contributed by atoms with E-state index in [1.807, 2.05) is 36.4 Å². The Hall–Kier alpha value is -4.51. The minimum atomic E-state index is -0.307. The second-order valence-corrected chi connectivity index (χ2v) is 9.24. The number of hydrogen-bond donors (Lipinski definition) is 1. The molecule has 0 radical (unpaired) electrons. The SMILES string of the molecule is COc1cc(/C=C\c2cc(OC)c(OC)c(OC)c2)cc(N/C=C\C(=O)c2cc(OC)c(OC)c(OC)c2Br)c1OC. The Balaban J connectivity index is 1.94. The van der Waals surface area contributed by atoms with Gasteiger partial charge in [-0.3, -0.25) is 4.79 Å². The Morgan fingerprint density at radius 3 is 1.52 bits per heavy atom. The summed E-state index contributed by atoms with van der Waals surface area (Å²) in [5, 5.41) is 3.13. The number of nitrogens with one attached hydrogen (secondary N) is 1. The second kappa shape index (κ2) is 14.9. The fourth-order valence-electron chi connectivity index (χ4n) is 4.18. The van der Waals surface area contributed by atoms with Crippen LogP contribution in [0.4, 0.5) is 5.69 Å². The van der Waals surface area contributed by atoms with E-state index in [9.17, 15) is 4.79 Å². The van der Waals surface area contributed by atoms with E-state index in [1.54, 1.807) is 34.5 Å². The number of benzene rings is 3. The van der Waals surface area contributed by atoms with Crippen LogP contribution >= 0.6 is 15.9 Å². The minimum Gasteiger partial charge on any atom is -0.493 e. The first-order chi connectivity index (χ1) is 20.3. The van der Waals surface area contributed by atoms with Crippen molar-refractivity contribution in [2.75, 3.05) is 62.2 Å². The zero-order valence-corrected chi connectivity index (χ0v) is 26.3. The van der Waals surface area contributed by atoms with Gasteiger partial charge in [-0.1, -0.05) is 12.2 Å². The van der Waals surface area contributed by atoms with E-state index in [2.05, 4.69) is 21.2 Å². The number of allylic oxidation sites excluding steroid dienone is 1. The average molecular weight is 645 g/mol. The molecule has 0 spiro atoms. The third-order valence-electron chi connectivity index (χ3n) is 6.16. The van der Waals surface area contributed by atoms with E-state index in [1.165, 1.54) is 40.7 Å². The monoisotopic (exact) mass is 643 g/mol. The summed E-state index contributed by atoms with van der Waals surface area (Å²) < 4.78 is 44.1. The summed E-state index contributed by atoms with van der Waals surface area (Å²) >= 11 is 3.45. The maximum Gasteiger partial charge on any atom is 0.204 e. The zero-order chi connectivity index (χ0) is 30.8. The van der Waals surface area contributed by atoms with Crippen molar-refractivity contribution in [3.63, 3.8) is 0 Å². The van der Waals surface area contributed by atoms with Gasteiger partial charge in [0, 0.05) is 17.8 Å². The van der Waals surface area contributed by atoms with E-state index < -0.39 is 0 Å². The van der Waals surface area contributed by atoms with Crippen molar-refractivity contribution < 1.29 is 42.7 Å². The van der Waals surface area contributed by atoms with Gasteiger partial charge in [-0.2, -0.15) is 0 Å². The Labute approximate surface area is 253 Å². The standard InChI is InChI=1S/C31H34BrNO9/c1-35-23-14-18(9-10-19-15-24(36-2)29(40-6)25(16-19)37-3)13-21(28(23)39-5)33-12-11-22(34)20-17-26(38-4)30(41-7)31(42-8)27(20)32/h9-17,33H,1-8H3/b10-9-,12-11-. The van der Waals surface area contributed by atoms with Crippen LogP contribution in [0.15, 0.2) is 47.1 Å². The number of methoxy groups -OCH3 is 8. The number of anilines is 1. The molecule has 0 atom stereocenters. The van der Waals surface area contributed by atoms with Gasteiger partial charge in [0.25, 0.3) is 0 Å². The second-order valence-electron chi connectivity index (χ2n) is 8.44. The Kier molecular flexibility index (Phi) is 11.4. The third kappa shape index (κ3) is 6.85. The van der Waals surface area contributed by atoms with Gasteiger partial charge in [0.15, 0.2) is 40.3 Å². The quantitative estimate of drug-likeness (QED) is 0.119. The highest BCUT2D eigenvalue weighted by Gasteiger charge is 2.22. The molecule has 0 amide bonds. The molecule has 0 unspecified atom stereocenters. The predicted molar refractivity (Wildman–Crippen MR) is 165 cm³/mol. The highest BCUT2D eigenvalue weighted by Crippen LogP contribution is 2.45. The number of carbonyl (C=O) groups is 1. The van der Waals surface area contributed by atoms with Crippen LogP contribution in [0, 0.1) is 0 Å². The van der Waals surface area contributed by atoms with Crippen LogP contribution in [0.2, 0.25) is 0 Å². The van der Waals surface area contributed by atoms with Crippen LogP contribution in [0.5, 0.6) is 46.0 Å². The van der Waals surface area contributed by atoms with Crippen LogP contribution in [0.25, 0.3) is 12.2 Å². The summed E-state index contributed by atoms with van der Waals surface area (Å²) in [5.74, 6) is 3.33. The maximum atomic E-state index is 13.1. The Morgan fingerprint density at radius 1 is 0.595 bits per heavy atom. The molecule has 10 nitrogen and oxygen atoms in total. The summed E-state index contributed by atoms with van der Waals surface area (Å²) in [6.07, 6.45) is 6.70. The van der Waals surface area contributed by atoms with E-state index in [0.717, 1.165) is 11.1 Å². The van der Waals surface area contributed by atoms with Crippen molar-refractivity contribution in [1.82, 2.24) is 0 Å². The van der Waals surface area contributed by atoms with E-state index in [4.69, 9.17) is 37.9 Å². The summed E-state index contributed by atoms with van der Waals surface area (Å²) in [5.41, 5.74) is 2.54. The van der Waals surface area contributed by atoms with Crippen molar-refractivity contribution in [3.05, 3.63) is 63.8 Å². The lowest BCUT2D eigenvalue weighted by Crippen LogP contribution is -2.03. The molecule has 0 bridgehead atoms. The molecule has 3 aromatic carbocycles. The smallest absolute Gasteiger partial charge is 0.204 e. The van der Waals surface area contributed by atoms with Gasteiger partial charge in [0.05, 0.1) is 67.0 Å². The van der Waals surface area contributed by atoms with Gasteiger partial charge >= 0.3 is 0 Å². The number of ketones is 1. The fraction of sp³-hybridized carbons (Fsp3) is 0.258. The molecular weight excluding hydrogens is 610 g/mol. The molecule has 0 saturated carbocycles. The largest absolute Gasteiger partial charge is 0.493 e. The number of hydrogen-bond acceptors (Lipinski definition) is 10. The van der Waals surface area contributed by atoms with Crippen LogP contribution in [-0.2, 0) is 0 Å². The number of rotatable bonds is 14. The van der Waals surface area contributed by atoms with Crippen molar-refractivity contribution >= 4 is 39.6 Å². The van der Waals surface area contributed by atoms with Gasteiger partial charge in [-0.05, 0) is 57.4 Å². The lowest BCUT2D eigenvalue weighted by atomic mass is 10.1. The van der Waals surface area contributed by atoms with Crippen molar-refractivity contribution in [3.8, 4) is 46.0 Å². The van der Waals surface area contributed by atoms with Crippen molar-refractivity contribution in [2.24, 2.45) is 0 Å². The lowest BCUT2D eigenvalue weighted by Gasteiger charge is -2.16. The van der Waals surface area contributed by atoms with Gasteiger partial charge in [0.1, 0.15) is 0 Å². The molecule has 11 heteroatoms. The molecule has 42 heavy (non-hydrogen) atoms. The minimum absolute atomic E-state index is 0.307. The number of halogens is 1. The summed E-state index contributed by atoms with van der Waals surface area (Å²) in [6, 6.07) is 8.96. The molecule has 3 aromatic rings. The topological polar surface area (TPSA) is 103 Å². The molecule has 0 fully saturated rings. The summed E-state index contributed by atoms with van der Waals surface area (Å²) in [6.45, 7) is 0. The number of ether oxygens (including phenoxy) is 8. The molecule has 0 aliphatic carbocycles. The Bertz CT molecular complexity index is 1460. The van der Waals surface area contributed by atoms with Crippen LogP contribution in [-0.4, -0.2) is 62.7 Å². The van der Waals surface area contributed by atoms with Crippen LogP contribution in [0.3, 0.4) is 0 Å². The third-order valence-corrected chi connectivity index (χ3v) is 6.95. The first kappa shape index (κ1) is 32.0. The van der Waals surface area contributed by atoms with Crippen molar-refractivity contribution in [2.45, 2.75) is 0 Å². The normalized spacial score (nSPS) is 10.9. The molecule has 0 saturated heterocycles. The van der Waals surface area contributed by atoms with Gasteiger partial charge < -0.3 is 43.2 Å². The molecule has 0 aliphatic rings. The van der Waals surface area contributed by atoms with Gasteiger partial charge in [-0.15, -0.1) is 0 Å². The highest BCUT2D eigenvalue weighted by atomic mass is 79.9. The fourth-order valence-corrected chi connectivity index (χ4v) is 4.83. The first-order valence-corrected chi connectivity index (χ1v) is 13.3. The summed E-state index contributed by atoms with van der Waals surface area (Å²) in [7, 11) is 12.2. The maximum absolute atomic E-state index is 13.1. The molecule has 224 valence electrons. The molecule has 1 N–H and O–H groups in total. The Morgan fingerprint density at radius 2 is 1.05 bits per heavy atom. The molecular formula is C31H34BrNO9. The molecule has 0 heterocycles. The highest BCUT2D eigenvalue weighted by molar-refractivity contribution is 9.10. The predicted octanol–water partition coefficient (Wildman–Crippen LogP) is 6.50. The van der Waals surface area contributed by atoms with Gasteiger partial charge in [-0.25, -0.2) is 0 Å². The van der Waals surface area contributed by atoms with Crippen molar-refractivity contribution in [1.29, 1.82) is 0 Å². The van der Waals surface area contributed by atoms with Crippen LogP contribution in [0.1, 0.15) is 21.5 Å². The summed E-state index contributed by atoms with van der Waals surface area (Å²) in [4.78, 5) is 13.1. The van der Waals surface area contributed by atoms with E-state index in [-0.39, 0.29) is 5.78 Å². The van der Waals surface area contributed by atoms with E-state index >= 15 is 0 Å². The van der Waals surface area contributed by atoms with E-state index in [0.29, 0.717) is 61.7 Å². The van der Waals surface area contributed by atoms with Gasteiger partial charge in [0.2, 0.25) is 11.5 Å². The lowest BCUT2D eigenvalue weighted by molar-refractivity contribution is 0.104. The first-order valence-electron chi connectivity index (χ1n) is 12.5. The molecule has 3 rings (SSSR count). The van der Waals surface area contributed by atoms with Crippen LogP contribution < -0.4 is 43.2 Å².